The maximum Gasteiger partial charge on any atom is 0.256 e. The average Bonchev–Trinajstić information content (AvgIpc) is 3.11. The molecular formula is C22H26Cl2N2O4S. The van der Waals surface area contributed by atoms with Gasteiger partial charge in [0.25, 0.3) is 11.8 Å². The van der Waals surface area contributed by atoms with Crippen LogP contribution in [0.4, 0.5) is 5.00 Å². The van der Waals surface area contributed by atoms with Gasteiger partial charge in [0, 0.05) is 30.2 Å². The van der Waals surface area contributed by atoms with E-state index in [1.54, 1.807) is 0 Å². The first-order chi connectivity index (χ1) is 15.0. The second-order valence-electron chi connectivity index (χ2n) is 7.15. The van der Waals surface area contributed by atoms with Crippen molar-refractivity contribution in [1.82, 2.24) is 5.32 Å². The molecule has 0 aliphatic heterocycles. The molecule has 1 aromatic carbocycles. The molecule has 2 N–H and O–H groups in total. The zero-order valence-electron chi connectivity index (χ0n) is 17.6. The third-order valence-electron chi connectivity index (χ3n) is 5.05. The Morgan fingerprint density at radius 2 is 1.84 bits per heavy atom. The van der Waals surface area contributed by atoms with Gasteiger partial charge in [-0.15, -0.1) is 11.3 Å². The van der Waals surface area contributed by atoms with Crippen molar-refractivity contribution in [3.8, 4) is 5.75 Å². The van der Waals surface area contributed by atoms with Crippen LogP contribution in [0.2, 0.25) is 10.0 Å². The SMILES string of the molecule is CCOCCCNC(=O)c1c(NC(=O)c2cc(Cl)c(OC)c(Cl)c2)sc2c1CCCC2. The van der Waals surface area contributed by atoms with E-state index >= 15 is 0 Å². The van der Waals surface area contributed by atoms with Crippen molar-refractivity contribution in [3.63, 3.8) is 0 Å². The Labute approximate surface area is 196 Å². The van der Waals surface area contributed by atoms with Gasteiger partial charge in [-0.05, 0) is 56.7 Å². The van der Waals surface area contributed by atoms with Crippen molar-refractivity contribution < 1.29 is 19.1 Å². The minimum absolute atomic E-state index is 0.169. The number of carbonyl (C=O) groups is 2. The second-order valence-corrected chi connectivity index (χ2v) is 9.07. The summed E-state index contributed by atoms with van der Waals surface area (Å²) in [5, 5.41) is 6.92. The van der Waals surface area contributed by atoms with E-state index in [9.17, 15) is 9.59 Å². The van der Waals surface area contributed by atoms with Gasteiger partial charge < -0.3 is 20.1 Å². The van der Waals surface area contributed by atoms with Crippen LogP contribution in [0.15, 0.2) is 12.1 Å². The van der Waals surface area contributed by atoms with E-state index in [-0.39, 0.29) is 21.9 Å². The van der Waals surface area contributed by atoms with Gasteiger partial charge >= 0.3 is 0 Å². The van der Waals surface area contributed by atoms with E-state index in [0.717, 1.165) is 42.5 Å². The summed E-state index contributed by atoms with van der Waals surface area (Å²) in [7, 11) is 1.46. The molecule has 1 aliphatic rings. The summed E-state index contributed by atoms with van der Waals surface area (Å²) in [4.78, 5) is 27.1. The van der Waals surface area contributed by atoms with Crippen LogP contribution in [-0.4, -0.2) is 38.7 Å². The standard InChI is InChI=1S/C22H26Cl2N2O4S/c1-3-30-10-6-9-25-21(28)18-14-7-4-5-8-17(14)31-22(18)26-20(27)13-11-15(23)19(29-2)16(24)12-13/h11-12H,3-10H2,1-2H3,(H,25,28)(H,26,27). The summed E-state index contributed by atoms with van der Waals surface area (Å²) >= 11 is 13.8. The van der Waals surface area contributed by atoms with Crippen molar-refractivity contribution in [2.45, 2.75) is 39.0 Å². The van der Waals surface area contributed by atoms with Crippen molar-refractivity contribution in [3.05, 3.63) is 43.7 Å². The molecule has 9 heteroatoms. The molecule has 0 saturated carbocycles. The maximum atomic E-state index is 13.0. The molecule has 2 aromatic rings. The van der Waals surface area contributed by atoms with Gasteiger partial charge in [-0.1, -0.05) is 23.2 Å². The fraction of sp³-hybridized carbons (Fsp3) is 0.455. The fourth-order valence-corrected chi connectivity index (χ4v) is 5.49. The van der Waals surface area contributed by atoms with E-state index < -0.39 is 0 Å². The van der Waals surface area contributed by atoms with Gasteiger partial charge in [0.1, 0.15) is 5.00 Å². The molecule has 0 atom stereocenters. The van der Waals surface area contributed by atoms with Crippen LogP contribution in [0.5, 0.6) is 5.75 Å². The maximum absolute atomic E-state index is 13.0. The Balaban J connectivity index is 1.81. The molecule has 0 fully saturated rings. The number of nitrogens with one attached hydrogen (secondary N) is 2. The molecule has 3 rings (SSSR count). The van der Waals surface area contributed by atoms with E-state index in [2.05, 4.69) is 10.6 Å². The lowest BCUT2D eigenvalue weighted by Crippen LogP contribution is -2.27. The lowest BCUT2D eigenvalue weighted by molar-refractivity contribution is 0.0944. The predicted octanol–water partition coefficient (Wildman–Crippen LogP) is 5.35. The highest BCUT2D eigenvalue weighted by Gasteiger charge is 2.26. The molecule has 0 spiro atoms. The van der Waals surface area contributed by atoms with Gasteiger partial charge in [0.2, 0.25) is 0 Å². The fourth-order valence-electron chi connectivity index (χ4n) is 3.56. The van der Waals surface area contributed by atoms with Gasteiger partial charge in [0.05, 0.1) is 22.7 Å². The van der Waals surface area contributed by atoms with Crippen LogP contribution in [0, 0.1) is 0 Å². The highest BCUT2D eigenvalue weighted by atomic mass is 35.5. The Hall–Kier alpha value is -1.80. The second kappa shape index (κ2) is 11.2. The summed E-state index contributed by atoms with van der Waals surface area (Å²) in [6.45, 7) is 3.71. The van der Waals surface area contributed by atoms with Crippen LogP contribution in [0.1, 0.15) is 57.3 Å². The Morgan fingerprint density at radius 1 is 1.13 bits per heavy atom. The molecule has 0 saturated heterocycles. The molecule has 6 nitrogen and oxygen atoms in total. The number of halogens is 2. The van der Waals surface area contributed by atoms with Crippen molar-refractivity contribution in [1.29, 1.82) is 0 Å². The number of thiophene rings is 1. The van der Waals surface area contributed by atoms with Gasteiger partial charge in [-0.2, -0.15) is 0 Å². The molecule has 1 aliphatic carbocycles. The molecule has 0 radical (unpaired) electrons. The van der Waals surface area contributed by atoms with Crippen LogP contribution >= 0.6 is 34.5 Å². The average molecular weight is 485 g/mol. The van der Waals surface area contributed by atoms with Crippen LogP contribution < -0.4 is 15.4 Å². The molecule has 168 valence electrons. The number of hydrogen-bond donors (Lipinski definition) is 2. The van der Waals surface area contributed by atoms with Gasteiger partial charge in [-0.3, -0.25) is 9.59 Å². The zero-order chi connectivity index (χ0) is 22.4. The number of amides is 2. The molecule has 2 amide bonds. The first kappa shape index (κ1) is 23.9. The van der Waals surface area contributed by atoms with E-state index in [1.165, 1.54) is 30.6 Å². The van der Waals surface area contributed by atoms with Gasteiger partial charge in [-0.25, -0.2) is 0 Å². The largest absolute Gasteiger partial charge is 0.494 e. The molecule has 0 bridgehead atoms. The number of anilines is 1. The van der Waals surface area contributed by atoms with Crippen LogP contribution in [-0.2, 0) is 17.6 Å². The number of fused-ring (bicyclic) bond motifs is 1. The Morgan fingerprint density at radius 3 is 2.52 bits per heavy atom. The van der Waals surface area contributed by atoms with Crippen molar-refractivity contribution in [2.75, 3.05) is 32.2 Å². The van der Waals surface area contributed by atoms with Crippen LogP contribution in [0.25, 0.3) is 0 Å². The first-order valence-electron chi connectivity index (χ1n) is 10.3. The summed E-state index contributed by atoms with van der Waals surface area (Å²) < 4.78 is 10.5. The summed E-state index contributed by atoms with van der Waals surface area (Å²) in [6.07, 6.45) is 4.60. The van der Waals surface area contributed by atoms with Crippen molar-refractivity contribution in [2.24, 2.45) is 0 Å². The minimum atomic E-state index is -0.379. The Bertz CT molecular complexity index is 938. The number of methoxy groups -OCH3 is 1. The lowest BCUT2D eigenvalue weighted by atomic mass is 9.95. The number of hydrogen-bond acceptors (Lipinski definition) is 5. The minimum Gasteiger partial charge on any atom is -0.494 e. The lowest BCUT2D eigenvalue weighted by Gasteiger charge is -2.13. The van der Waals surface area contributed by atoms with Gasteiger partial charge in [0.15, 0.2) is 5.75 Å². The highest BCUT2D eigenvalue weighted by Crippen LogP contribution is 2.39. The summed E-state index contributed by atoms with van der Waals surface area (Å²) in [5.41, 5.74) is 1.90. The van der Waals surface area contributed by atoms with E-state index in [4.69, 9.17) is 32.7 Å². The molecule has 31 heavy (non-hydrogen) atoms. The summed E-state index contributed by atoms with van der Waals surface area (Å²) in [6, 6.07) is 3.01. The molecule has 0 unspecified atom stereocenters. The normalized spacial score (nSPS) is 12.9. The number of carbonyl (C=O) groups excluding carboxylic acids is 2. The summed E-state index contributed by atoms with van der Waals surface area (Å²) in [5.74, 6) is -0.231. The third-order valence-corrected chi connectivity index (χ3v) is 6.81. The number of ether oxygens (including phenoxy) is 2. The van der Waals surface area contributed by atoms with E-state index in [1.807, 2.05) is 6.92 Å². The monoisotopic (exact) mass is 484 g/mol. The molecule has 1 aromatic heterocycles. The smallest absolute Gasteiger partial charge is 0.256 e. The molecule has 1 heterocycles. The predicted molar refractivity (Wildman–Crippen MR) is 125 cm³/mol. The van der Waals surface area contributed by atoms with Crippen LogP contribution in [0.3, 0.4) is 0 Å². The first-order valence-corrected chi connectivity index (χ1v) is 11.9. The third kappa shape index (κ3) is 5.71. The molecular weight excluding hydrogens is 459 g/mol. The quantitative estimate of drug-likeness (QED) is 0.470. The highest BCUT2D eigenvalue weighted by molar-refractivity contribution is 7.17. The van der Waals surface area contributed by atoms with E-state index in [0.29, 0.717) is 41.6 Å². The topological polar surface area (TPSA) is 76.7 Å². The number of rotatable bonds is 9. The zero-order valence-corrected chi connectivity index (χ0v) is 19.9. The Kier molecular flexibility index (Phi) is 8.60. The number of aryl methyl sites for hydroxylation is 1. The number of benzene rings is 1. The van der Waals surface area contributed by atoms with Crippen molar-refractivity contribution >= 4 is 51.4 Å².